The van der Waals surface area contributed by atoms with Gasteiger partial charge in [0, 0.05) is 6.04 Å². The van der Waals surface area contributed by atoms with Crippen LogP contribution in [0.1, 0.15) is 13.3 Å². The Hall–Kier alpha value is -0.120. The molecule has 3 atom stereocenters. The molecule has 0 aliphatic carbocycles. The van der Waals surface area contributed by atoms with E-state index in [-0.39, 0.29) is 12.1 Å². The Balaban J connectivity index is 2.35. The summed E-state index contributed by atoms with van der Waals surface area (Å²) in [6.45, 7) is 2.36. The molecule has 54 valence electrons. The van der Waals surface area contributed by atoms with Gasteiger partial charge in [0.1, 0.15) is 0 Å². The Morgan fingerprint density at radius 2 is 2.33 bits per heavy atom. The lowest BCUT2D eigenvalue weighted by molar-refractivity contribution is -0.0584. The Kier molecular flexibility index (Phi) is 2.05. The molecule has 0 saturated carbocycles. The lowest BCUT2D eigenvalue weighted by Gasteiger charge is -2.28. The molecular weight excluding hydrogens is 118 g/mol. The Morgan fingerprint density at radius 1 is 1.67 bits per heavy atom. The molecule has 1 fully saturated rings. The molecule has 1 heterocycles. The molecule has 0 aromatic carbocycles. The molecule has 3 N–H and O–H groups in total. The zero-order valence-electron chi connectivity index (χ0n) is 5.58. The van der Waals surface area contributed by atoms with Crippen LogP contribution in [0.5, 0.6) is 0 Å². The van der Waals surface area contributed by atoms with Gasteiger partial charge in [-0.3, -0.25) is 0 Å². The zero-order valence-corrected chi connectivity index (χ0v) is 5.58. The summed E-state index contributed by atoms with van der Waals surface area (Å²) in [5.41, 5.74) is 5.54. The van der Waals surface area contributed by atoms with Gasteiger partial charge in [0.25, 0.3) is 0 Å². The Labute approximate surface area is 54.8 Å². The predicted octanol–water partition coefficient (Wildman–Crippen LogP) is -0.517. The maximum absolute atomic E-state index is 9.05. The van der Waals surface area contributed by atoms with Crippen molar-refractivity contribution in [2.45, 2.75) is 31.6 Å². The molecular formula is C6H13NO2. The van der Waals surface area contributed by atoms with E-state index in [0.29, 0.717) is 6.61 Å². The van der Waals surface area contributed by atoms with E-state index in [1.807, 2.05) is 6.92 Å². The molecule has 3 nitrogen and oxygen atoms in total. The van der Waals surface area contributed by atoms with Crippen molar-refractivity contribution in [1.29, 1.82) is 0 Å². The van der Waals surface area contributed by atoms with Crippen LogP contribution in [0.3, 0.4) is 0 Å². The van der Waals surface area contributed by atoms with Crippen molar-refractivity contribution in [2.24, 2.45) is 5.73 Å². The summed E-state index contributed by atoms with van der Waals surface area (Å²) < 4.78 is 5.13. The first kappa shape index (κ1) is 6.99. The Morgan fingerprint density at radius 3 is 2.78 bits per heavy atom. The van der Waals surface area contributed by atoms with E-state index in [2.05, 4.69) is 0 Å². The molecule has 1 rings (SSSR count). The topological polar surface area (TPSA) is 55.5 Å². The molecule has 0 unspecified atom stereocenters. The summed E-state index contributed by atoms with van der Waals surface area (Å²) in [6.07, 6.45) is 0.519. The smallest absolute Gasteiger partial charge is 0.0925 e. The largest absolute Gasteiger partial charge is 0.389 e. The predicted molar refractivity (Wildman–Crippen MR) is 34.0 cm³/mol. The highest BCUT2D eigenvalue weighted by Gasteiger charge is 2.23. The molecule has 1 aliphatic rings. The summed E-state index contributed by atoms with van der Waals surface area (Å²) in [5.74, 6) is 0. The second-order valence-corrected chi connectivity index (χ2v) is 2.61. The fourth-order valence-electron chi connectivity index (χ4n) is 0.995. The number of nitrogens with two attached hydrogens (primary N) is 1. The molecule has 0 radical (unpaired) electrons. The van der Waals surface area contributed by atoms with E-state index in [0.717, 1.165) is 6.42 Å². The van der Waals surface area contributed by atoms with Crippen LogP contribution >= 0.6 is 0 Å². The number of ether oxygens (including phenoxy) is 1. The standard InChI is InChI=1S/C6H13NO2/c1-4-2-5(7)6(8)3-9-4/h4-6,8H,2-3,7H2,1H3/t4-,5+,6+/m1/s1. The van der Waals surface area contributed by atoms with Gasteiger partial charge < -0.3 is 15.6 Å². The van der Waals surface area contributed by atoms with Crippen molar-refractivity contribution in [3.63, 3.8) is 0 Å². The summed E-state index contributed by atoms with van der Waals surface area (Å²) in [7, 11) is 0. The highest BCUT2D eigenvalue weighted by molar-refractivity contribution is 4.78. The van der Waals surface area contributed by atoms with Gasteiger partial charge in [0.2, 0.25) is 0 Å². The van der Waals surface area contributed by atoms with E-state index >= 15 is 0 Å². The highest BCUT2D eigenvalue weighted by atomic mass is 16.5. The van der Waals surface area contributed by atoms with Gasteiger partial charge >= 0.3 is 0 Å². The van der Waals surface area contributed by atoms with Gasteiger partial charge in [0.15, 0.2) is 0 Å². The van der Waals surface area contributed by atoms with Crippen LogP contribution in [-0.4, -0.2) is 30.0 Å². The van der Waals surface area contributed by atoms with Crippen LogP contribution in [0.15, 0.2) is 0 Å². The molecule has 0 spiro atoms. The minimum atomic E-state index is -0.457. The summed E-state index contributed by atoms with van der Waals surface area (Å²) in [4.78, 5) is 0. The summed E-state index contributed by atoms with van der Waals surface area (Å²) in [5, 5.41) is 9.05. The van der Waals surface area contributed by atoms with E-state index in [1.54, 1.807) is 0 Å². The molecule has 1 aliphatic heterocycles. The second-order valence-electron chi connectivity index (χ2n) is 2.61. The van der Waals surface area contributed by atoms with Gasteiger partial charge in [-0.15, -0.1) is 0 Å². The van der Waals surface area contributed by atoms with E-state index in [1.165, 1.54) is 0 Å². The zero-order chi connectivity index (χ0) is 6.85. The van der Waals surface area contributed by atoms with Crippen molar-refractivity contribution >= 4 is 0 Å². The first-order chi connectivity index (χ1) is 4.20. The first-order valence-electron chi connectivity index (χ1n) is 3.25. The van der Waals surface area contributed by atoms with Crippen molar-refractivity contribution in [2.75, 3.05) is 6.61 Å². The van der Waals surface area contributed by atoms with Gasteiger partial charge in [-0.2, -0.15) is 0 Å². The lowest BCUT2D eigenvalue weighted by Crippen LogP contribution is -2.45. The summed E-state index contributed by atoms with van der Waals surface area (Å²) in [6, 6.07) is -0.0891. The molecule has 1 saturated heterocycles. The molecule has 0 aromatic rings. The molecule has 0 bridgehead atoms. The van der Waals surface area contributed by atoms with Crippen LogP contribution in [0.25, 0.3) is 0 Å². The SMILES string of the molecule is C[C@@H]1C[C@H](N)[C@@H](O)CO1. The highest BCUT2D eigenvalue weighted by Crippen LogP contribution is 2.11. The lowest BCUT2D eigenvalue weighted by atomic mass is 10.0. The van der Waals surface area contributed by atoms with Crippen molar-refractivity contribution in [3.05, 3.63) is 0 Å². The van der Waals surface area contributed by atoms with Crippen molar-refractivity contribution < 1.29 is 9.84 Å². The summed E-state index contributed by atoms with van der Waals surface area (Å²) >= 11 is 0. The number of hydrogen-bond donors (Lipinski definition) is 2. The van der Waals surface area contributed by atoms with E-state index in [4.69, 9.17) is 15.6 Å². The number of aliphatic hydroxyl groups is 1. The van der Waals surface area contributed by atoms with Crippen molar-refractivity contribution in [3.8, 4) is 0 Å². The van der Waals surface area contributed by atoms with Crippen LogP contribution in [0.2, 0.25) is 0 Å². The monoisotopic (exact) mass is 131 g/mol. The van der Waals surface area contributed by atoms with E-state index in [9.17, 15) is 0 Å². The van der Waals surface area contributed by atoms with Gasteiger partial charge in [-0.25, -0.2) is 0 Å². The molecule has 0 amide bonds. The van der Waals surface area contributed by atoms with Crippen molar-refractivity contribution in [1.82, 2.24) is 0 Å². The molecule has 0 aromatic heterocycles. The third kappa shape index (κ3) is 1.64. The third-order valence-corrected chi connectivity index (χ3v) is 1.65. The maximum atomic E-state index is 9.05. The molecule has 3 heteroatoms. The van der Waals surface area contributed by atoms with Crippen LogP contribution in [0, 0.1) is 0 Å². The minimum Gasteiger partial charge on any atom is -0.389 e. The van der Waals surface area contributed by atoms with Gasteiger partial charge in [-0.05, 0) is 13.3 Å². The number of rotatable bonds is 0. The van der Waals surface area contributed by atoms with E-state index < -0.39 is 6.10 Å². The average molecular weight is 131 g/mol. The number of aliphatic hydroxyl groups excluding tert-OH is 1. The minimum absolute atomic E-state index is 0.0891. The second kappa shape index (κ2) is 2.64. The van der Waals surface area contributed by atoms with Crippen LogP contribution in [0.4, 0.5) is 0 Å². The average Bonchev–Trinajstić information content (AvgIpc) is 1.80. The van der Waals surface area contributed by atoms with Crippen LogP contribution < -0.4 is 5.73 Å². The normalized spacial score (nSPS) is 45.0. The molecule has 9 heavy (non-hydrogen) atoms. The number of hydrogen-bond acceptors (Lipinski definition) is 3. The maximum Gasteiger partial charge on any atom is 0.0925 e. The van der Waals surface area contributed by atoms with Gasteiger partial charge in [-0.1, -0.05) is 0 Å². The fraction of sp³-hybridized carbons (Fsp3) is 1.00. The Bertz CT molecular complexity index is 97.1. The van der Waals surface area contributed by atoms with Crippen LogP contribution in [-0.2, 0) is 4.74 Å². The first-order valence-corrected chi connectivity index (χ1v) is 3.25. The fourth-order valence-corrected chi connectivity index (χ4v) is 0.995. The quantitative estimate of drug-likeness (QED) is 0.465. The third-order valence-electron chi connectivity index (χ3n) is 1.65. The van der Waals surface area contributed by atoms with Gasteiger partial charge in [0.05, 0.1) is 18.8 Å².